The second-order valence-corrected chi connectivity index (χ2v) is 3.45. The molecule has 1 aromatic carbocycles. The number of carbonyl (C=O) groups is 1. The molecule has 0 aromatic heterocycles. The van der Waals surface area contributed by atoms with Gasteiger partial charge in [0.2, 0.25) is 0 Å². The first-order chi connectivity index (χ1) is 6.63. The van der Waals surface area contributed by atoms with Gasteiger partial charge in [-0.1, -0.05) is 24.4 Å². The molecule has 0 fully saturated rings. The minimum atomic E-state index is -0.102. The first kappa shape index (κ1) is 10.7. The lowest BCUT2D eigenvalue weighted by atomic mass is 10.1. The maximum Gasteiger partial charge on any atom is 0.251 e. The van der Waals surface area contributed by atoms with Crippen LogP contribution in [0.1, 0.15) is 15.9 Å². The monoisotopic (exact) mass is 208 g/mol. The number of carbonyl (C=O) groups excluding carboxylic acids is 1. The van der Waals surface area contributed by atoms with E-state index in [9.17, 15) is 4.79 Å². The zero-order chi connectivity index (χ0) is 10.6. The van der Waals surface area contributed by atoms with E-state index < -0.39 is 0 Å². The van der Waals surface area contributed by atoms with Crippen LogP contribution >= 0.6 is 12.2 Å². The fourth-order valence-electron chi connectivity index (χ4n) is 1.17. The van der Waals surface area contributed by atoms with Crippen LogP contribution in [0.3, 0.4) is 0 Å². The van der Waals surface area contributed by atoms with E-state index in [0.717, 1.165) is 5.56 Å². The molecule has 0 radical (unpaired) electrons. The van der Waals surface area contributed by atoms with Gasteiger partial charge in [-0.05, 0) is 17.7 Å². The van der Waals surface area contributed by atoms with E-state index in [2.05, 4.69) is 5.32 Å². The Labute approximate surface area is 88.3 Å². The Bertz CT molecular complexity index is 363. The maximum absolute atomic E-state index is 11.3. The molecule has 0 saturated heterocycles. The van der Waals surface area contributed by atoms with Crippen molar-refractivity contribution in [1.29, 1.82) is 0 Å². The highest BCUT2D eigenvalue weighted by Gasteiger charge is 2.03. The van der Waals surface area contributed by atoms with E-state index in [0.29, 0.717) is 17.0 Å². The molecule has 0 aliphatic rings. The molecule has 0 aliphatic heterocycles. The smallest absolute Gasteiger partial charge is 0.251 e. The lowest BCUT2D eigenvalue weighted by molar-refractivity contribution is 0.0963. The Morgan fingerprint density at radius 3 is 2.86 bits per heavy atom. The van der Waals surface area contributed by atoms with Gasteiger partial charge in [-0.25, -0.2) is 0 Å². The van der Waals surface area contributed by atoms with Gasteiger partial charge >= 0.3 is 0 Å². The number of thiocarbonyl (C=S) groups is 1. The molecule has 74 valence electrons. The van der Waals surface area contributed by atoms with Crippen molar-refractivity contribution in [1.82, 2.24) is 5.32 Å². The first-order valence-electron chi connectivity index (χ1n) is 4.23. The number of nitrogens with one attached hydrogen (secondary N) is 1. The molecule has 1 rings (SSSR count). The van der Waals surface area contributed by atoms with Crippen molar-refractivity contribution < 1.29 is 4.79 Å². The molecule has 3 N–H and O–H groups in total. The normalized spacial score (nSPS) is 9.50. The predicted octanol–water partition coefficient (Wildman–Crippen LogP) is 0.875. The van der Waals surface area contributed by atoms with Crippen molar-refractivity contribution in [3.8, 4) is 0 Å². The summed E-state index contributed by atoms with van der Waals surface area (Å²) in [6.45, 7) is 0. The van der Waals surface area contributed by atoms with Crippen molar-refractivity contribution in [2.45, 2.75) is 6.42 Å². The molecule has 1 aromatic rings. The van der Waals surface area contributed by atoms with Crippen LogP contribution in [0.15, 0.2) is 24.3 Å². The van der Waals surface area contributed by atoms with Crippen LogP contribution in [0.2, 0.25) is 0 Å². The fraction of sp³-hybridized carbons (Fsp3) is 0.200. The lowest BCUT2D eigenvalue weighted by Crippen LogP contribution is -2.18. The van der Waals surface area contributed by atoms with Crippen molar-refractivity contribution in [2.75, 3.05) is 7.05 Å². The number of hydrogen-bond donors (Lipinski definition) is 2. The summed E-state index contributed by atoms with van der Waals surface area (Å²) in [4.78, 5) is 11.7. The van der Waals surface area contributed by atoms with E-state index in [1.165, 1.54) is 0 Å². The van der Waals surface area contributed by atoms with E-state index in [1.54, 1.807) is 19.2 Å². The van der Waals surface area contributed by atoms with Gasteiger partial charge < -0.3 is 11.1 Å². The third kappa shape index (κ3) is 2.81. The highest BCUT2D eigenvalue weighted by molar-refractivity contribution is 7.80. The topological polar surface area (TPSA) is 55.1 Å². The first-order valence-corrected chi connectivity index (χ1v) is 4.63. The third-order valence-electron chi connectivity index (χ3n) is 1.79. The molecular weight excluding hydrogens is 196 g/mol. The number of benzene rings is 1. The molecule has 0 heterocycles. The SMILES string of the molecule is CNC(=O)c1cccc(CC(N)=S)c1. The summed E-state index contributed by atoms with van der Waals surface area (Å²) in [5, 5.41) is 2.56. The van der Waals surface area contributed by atoms with E-state index in [-0.39, 0.29) is 5.91 Å². The zero-order valence-corrected chi connectivity index (χ0v) is 8.73. The van der Waals surface area contributed by atoms with E-state index in [4.69, 9.17) is 18.0 Å². The highest BCUT2D eigenvalue weighted by atomic mass is 32.1. The second-order valence-electron chi connectivity index (χ2n) is 2.92. The molecule has 1 amide bonds. The van der Waals surface area contributed by atoms with Crippen LogP contribution in [0, 0.1) is 0 Å². The second kappa shape index (κ2) is 4.72. The summed E-state index contributed by atoms with van der Waals surface area (Å²) in [5.41, 5.74) is 7.00. The van der Waals surface area contributed by atoms with Gasteiger partial charge in [-0.15, -0.1) is 0 Å². The Morgan fingerprint density at radius 1 is 1.57 bits per heavy atom. The Kier molecular flexibility index (Phi) is 3.59. The van der Waals surface area contributed by atoms with Gasteiger partial charge in [0.1, 0.15) is 0 Å². The van der Waals surface area contributed by atoms with E-state index >= 15 is 0 Å². The molecular formula is C10H12N2OS. The Hall–Kier alpha value is -1.42. The zero-order valence-electron chi connectivity index (χ0n) is 7.91. The average molecular weight is 208 g/mol. The summed E-state index contributed by atoms with van der Waals surface area (Å²) in [6.07, 6.45) is 0.528. The fourth-order valence-corrected chi connectivity index (χ4v) is 1.33. The average Bonchev–Trinajstić information content (AvgIpc) is 2.16. The van der Waals surface area contributed by atoms with Crippen molar-refractivity contribution in [3.05, 3.63) is 35.4 Å². The van der Waals surface area contributed by atoms with Gasteiger partial charge in [0.15, 0.2) is 0 Å². The summed E-state index contributed by atoms with van der Waals surface area (Å²) < 4.78 is 0. The molecule has 0 unspecified atom stereocenters. The van der Waals surface area contributed by atoms with Crippen molar-refractivity contribution >= 4 is 23.1 Å². The molecule has 0 saturated carbocycles. The molecule has 14 heavy (non-hydrogen) atoms. The summed E-state index contributed by atoms with van der Waals surface area (Å²) in [6, 6.07) is 7.25. The minimum Gasteiger partial charge on any atom is -0.393 e. The summed E-state index contributed by atoms with van der Waals surface area (Å²) >= 11 is 4.79. The third-order valence-corrected chi connectivity index (χ3v) is 1.94. The van der Waals surface area contributed by atoms with Crippen LogP contribution in [-0.2, 0) is 6.42 Å². The van der Waals surface area contributed by atoms with Gasteiger partial charge in [-0.2, -0.15) is 0 Å². The molecule has 0 spiro atoms. The van der Waals surface area contributed by atoms with Crippen molar-refractivity contribution in [2.24, 2.45) is 5.73 Å². The lowest BCUT2D eigenvalue weighted by Gasteiger charge is -2.03. The molecule has 0 aliphatic carbocycles. The molecule has 0 bridgehead atoms. The minimum absolute atomic E-state index is 0.102. The molecule has 4 heteroatoms. The number of amides is 1. The number of hydrogen-bond acceptors (Lipinski definition) is 2. The number of nitrogens with two attached hydrogens (primary N) is 1. The van der Waals surface area contributed by atoms with Crippen LogP contribution in [-0.4, -0.2) is 17.9 Å². The van der Waals surface area contributed by atoms with Crippen LogP contribution < -0.4 is 11.1 Å². The Morgan fingerprint density at radius 2 is 2.29 bits per heavy atom. The largest absolute Gasteiger partial charge is 0.393 e. The summed E-state index contributed by atoms with van der Waals surface area (Å²) in [7, 11) is 1.60. The molecule has 0 atom stereocenters. The van der Waals surface area contributed by atoms with Gasteiger partial charge in [0.05, 0.1) is 4.99 Å². The standard InChI is InChI=1S/C10H12N2OS/c1-12-10(13)8-4-2-3-7(5-8)6-9(11)14/h2-5H,6H2,1H3,(H2,11,14)(H,12,13). The summed E-state index contributed by atoms with van der Waals surface area (Å²) in [5.74, 6) is -0.102. The Balaban J connectivity index is 2.89. The van der Waals surface area contributed by atoms with Gasteiger partial charge in [-0.3, -0.25) is 4.79 Å². The molecule has 3 nitrogen and oxygen atoms in total. The van der Waals surface area contributed by atoms with Gasteiger partial charge in [0.25, 0.3) is 5.91 Å². The van der Waals surface area contributed by atoms with Gasteiger partial charge in [0, 0.05) is 19.0 Å². The maximum atomic E-state index is 11.3. The predicted molar refractivity (Wildman–Crippen MR) is 60.3 cm³/mol. The van der Waals surface area contributed by atoms with Crippen LogP contribution in [0.4, 0.5) is 0 Å². The highest BCUT2D eigenvalue weighted by Crippen LogP contribution is 2.05. The van der Waals surface area contributed by atoms with E-state index in [1.807, 2.05) is 12.1 Å². The number of rotatable bonds is 3. The quantitative estimate of drug-likeness (QED) is 0.725. The van der Waals surface area contributed by atoms with Crippen LogP contribution in [0.5, 0.6) is 0 Å². The van der Waals surface area contributed by atoms with Crippen molar-refractivity contribution in [3.63, 3.8) is 0 Å². The van der Waals surface area contributed by atoms with Crippen LogP contribution in [0.25, 0.3) is 0 Å².